The van der Waals surface area contributed by atoms with E-state index in [2.05, 4.69) is 9.88 Å². The van der Waals surface area contributed by atoms with E-state index in [4.69, 9.17) is 4.98 Å². The lowest BCUT2D eigenvalue weighted by atomic mass is 10.1. The van der Waals surface area contributed by atoms with Crippen molar-refractivity contribution in [3.63, 3.8) is 0 Å². The molecule has 1 saturated heterocycles. The smallest absolute Gasteiger partial charge is 0.254 e. The molecule has 1 aromatic heterocycles. The fraction of sp³-hybridized carbons (Fsp3) is 0.250. The predicted octanol–water partition coefficient (Wildman–Crippen LogP) is 5.14. The monoisotopic (exact) mass is 452 g/mol. The van der Waals surface area contributed by atoms with Crippen molar-refractivity contribution in [1.29, 1.82) is 0 Å². The van der Waals surface area contributed by atoms with E-state index in [1.54, 1.807) is 0 Å². The van der Waals surface area contributed by atoms with Crippen LogP contribution in [0.1, 0.15) is 41.0 Å². The van der Waals surface area contributed by atoms with Crippen LogP contribution in [0.2, 0.25) is 0 Å². The first kappa shape index (κ1) is 21.9. The van der Waals surface area contributed by atoms with Crippen LogP contribution in [0.5, 0.6) is 0 Å². The molecule has 2 amide bonds. The SMILES string of the molecule is Cc1c(NC(=O)CCc2nc3ccccc3n2-c2ccccc2)cccc1C(=O)N1CCCC1. The normalized spacial score (nSPS) is 13.4. The van der Waals surface area contributed by atoms with Crippen LogP contribution in [0.15, 0.2) is 72.8 Å². The maximum atomic E-state index is 12.9. The third-order valence-corrected chi connectivity index (χ3v) is 6.45. The number of amides is 2. The van der Waals surface area contributed by atoms with Crippen molar-refractivity contribution in [1.82, 2.24) is 14.5 Å². The number of rotatable bonds is 6. The Hall–Kier alpha value is -3.93. The van der Waals surface area contributed by atoms with Gasteiger partial charge in [-0.3, -0.25) is 14.2 Å². The molecule has 0 unspecified atom stereocenters. The van der Waals surface area contributed by atoms with Crippen LogP contribution >= 0.6 is 0 Å². The van der Waals surface area contributed by atoms with Gasteiger partial charge in [0.05, 0.1) is 11.0 Å². The summed E-state index contributed by atoms with van der Waals surface area (Å²) in [5.74, 6) is 0.792. The number of carbonyl (C=O) groups is 2. The number of nitrogens with zero attached hydrogens (tertiary/aromatic N) is 3. The number of aromatic nitrogens is 2. The van der Waals surface area contributed by atoms with Crippen molar-refractivity contribution in [2.45, 2.75) is 32.6 Å². The number of fused-ring (bicyclic) bond motifs is 1. The van der Waals surface area contributed by atoms with Gasteiger partial charge >= 0.3 is 0 Å². The van der Waals surface area contributed by atoms with Gasteiger partial charge in [0.25, 0.3) is 5.91 Å². The fourth-order valence-corrected chi connectivity index (χ4v) is 4.64. The lowest BCUT2D eigenvalue weighted by molar-refractivity contribution is -0.116. The highest BCUT2D eigenvalue weighted by Gasteiger charge is 2.22. The highest BCUT2D eigenvalue weighted by Crippen LogP contribution is 2.24. The highest BCUT2D eigenvalue weighted by atomic mass is 16.2. The van der Waals surface area contributed by atoms with E-state index < -0.39 is 0 Å². The number of anilines is 1. The molecular formula is C28H28N4O2. The predicted molar refractivity (Wildman–Crippen MR) is 134 cm³/mol. The van der Waals surface area contributed by atoms with E-state index >= 15 is 0 Å². The number of likely N-dealkylation sites (tertiary alicyclic amines) is 1. The van der Waals surface area contributed by atoms with Crippen LogP contribution in [-0.4, -0.2) is 39.4 Å². The van der Waals surface area contributed by atoms with Crippen LogP contribution in [0.3, 0.4) is 0 Å². The Kier molecular flexibility index (Phi) is 6.12. The average Bonchev–Trinajstić information content (AvgIpc) is 3.52. The summed E-state index contributed by atoms with van der Waals surface area (Å²) in [6.07, 6.45) is 2.89. The molecule has 6 nitrogen and oxygen atoms in total. The first-order valence-corrected chi connectivity index (χ1v) is 11.8. The van der Waals surface area contributed by atoms with Crippen LogP contribution in [-0.2, 0) is 11.2 Å². The molecular weight excluding hydrogens is 424 g/mol. The van der Waals surface area contributed by atoms with Gasteiger partial charge in [-0.2, -0.15) is 0 Å². The summed E-state index contributed by atoms with van der Waals surface area (Å²) in [7, 11) is 0. The molecule has 1 fully saturated rings. The lowest BCUT2D eigenvalue weighted by Crippen LogP contribution is -2.28. The summed E-state index contributed by atoms with van der Waals surface area (Å²) in [5.41, 5.74) is 5.11. The summed E-state index contributed by atoms with van der Waals surface area (Å²) in [6.45, 7) is 3.50. The van der Waals surface area contributed by atoms with Crippen LogP contribution < -0.4 is 5.32 Å². The molecule has 0 spiro atoms. The van der Waals surface area contributed by atoms with Crippen molar-refractivity contribution in [2.24, 2.45) is 0 Å². The second kappa shape index (κ2) is 9.51. The van der Waals surface area contributed by atoms with Gasteiger partial charge in [0, 0.05) is 42.9 Å². The second-order valence-corrected chi connectivity index (χ2v) is 8.71. The second-order valence-electron chi connectivity index (χ2n) is 8.71. The minimum Gasteiger partial charge on any atom is -0.339 e. The number of carbonyl (C=O) groups excluding carboxylic acids is 2. The molecule has 0 radical (unpaired) electrons. The Bertz CT molecular complexity index is 1340. The minimum absolute atomic E-state index is 0.0441. The third-order valence-electron chi connectivity index (χ3n) is 6.45. The van der Waals surface area contributed by atoms with Crippen molar-refractivity contribution < 1.29 is 9.59 Å². The molecule has 0 aliphatic carbocycles. The molecule has 3 aromatic carbocycles. The van der Waals surface area contributed by atoms with E-state index in [0.717, 1.165) is 54.0 Å². The molecule has 34 heavy (non-hydrogen) atoms. The number of para-hydroxylation sites is 3. The summed E-state index contributed by atoms with van der Waals surface area (Å²) in [5, 5.41) is 3.01. The Morgan fingerprint density at radius 3 is 2.44 bits per heavy atom. The summed E-state index contributed by atoms with van der Waals surface area (Å²) in [4.78, 5) is 32.5. The van der Waals surface area contributed by atoms with Gasteiger partial charge in [-0.15, -0.1) is 0 Å². The zero-order chi connectivity index (χ0) is 23.5. The van der Waals surface area contributed by atoms with Gasteiger partial charge in [0.15, 0.2) is 0 Å². The van der Waals surface area contributed by atoms with Gasteiger partial charge in [-0.05, 0) is 61.7 Å². The van der Waals surface area contributed by atoms with Gasteiger partial charge in [0.2, 0.25) is 5.91 Å². The molecule has 172 valence electrons. The van der Waals surface area contributed by atoms with Crippen LogP contribution in [0.25, 0.3) is 16.7 Å². The number of aryl methyl sites for hydroxylation is 1. The van der Waals surface area contributed by atoms with Gasteiger partial charge in [-0.1, -0.05) is 36.4 Å². The van der Waals surface area contributed by atoms with Crippen molar-refractivity contribution >= 4 is 28.5 Å². The standard InChI is InChI=1S/C28H28N4O2/c1-20-22(28(34)31-18-7-8-19-31)12-9-14-23(20)30-27(33)17-16-26-29-24-13-5-6-15-25(24)32(26)21-10-3-2-4-11-21/h2-6,9-15H,7-8,16-19H2,1H3,(H,30,33). The molecule has 0 bridgehead atoms. The lowest BCUT2D eigenvalue weighted by Gasteiger charge is -2.18. The molecule has 6 heteroatoms. The Morgan fingerprint density at radius 1 is 0.912 bits per heavy atom. The number of hydrogen-bond acceptors (Lipinski definition) is 3. The molecule has 0 saturated carbocycles. The van der Waals surface area contributed by atoms with E-state index in [0.29, 0.717) is 24.1 Å². The fourth-order valence-electron chi connectivity index (χ4n) is 4.64. The van der Waals surface area contributed by atoms with Crippen LogP contribution in [0.4, 0.5) is 5.69 Å². The maximum absolute atomic E-state index is 12.9. The molecule has 1 N–H and O–H groups in total. The summed E-state index contributed by atoms with van der Waals surface area (Å²) < 4.78 is 2.11. The molecule has 1 aliphatic heterocycles. The third kappa shape index (κ3) is 4.31. The maximum Gasteiger partial charge on any atom is 0.254 e. The molecule has 2 heterocycles. The van der Waals surface area contributed by atoms with E-state index in [1.807, 2.05) is 84.6 Å². The average molecular weight is 453 g/mol. The first-order chi connectivity index (χ1) is 16.6. The number of benzene rings is 3. The number of nitrogens with one attached hydrogen (secondary N) is 1. The minimum atomic E-state index is -0.0967. The number of imidazole rings is 1. The topological polar surface area (TPSA) is 67.2 Å². The summed E-state index contributed by atoms with van der Waals surface area (Å²) >= 11 is 0. The van der Waals surface area contributed by atoms with E-state index in [-0.39, 0.29) is 11.8 Å². The van der Waals surface area contributed by atoms with E-state index in [9.17, 15) is 9.59 Å². The Morgan fingerprint density at radius 2 is 1.65 bits per heavy atom. The Labute approximate surface area is 199 Å². The zero-order valence-electron chi connectivity index (χ0n) is 19.3. The van der Waals surface area contributed by atoms with Gasteiger partial charge in [-0.25, -0.2) is 4.98 Å². The number of hydrogen-bond donors (Lipinski definition) is 1. The summed E-state index contributed by atoms with van der Waals surface area (Å²) in [6, 6.07) is 23.6. The largest absolute Gasteiger partial charge is 0.339 e. The molecule has 5 rings (SSSR count). The van der Waals surface area contributed by atoms with Crippen molar-refractivity contribution in [3.8, 4) is 5.69 Å². The van der Waals surface area contributed by atoms with Crippen molar-refractivity contribution in [2.75, 3.05) is 18.4 Å². The highest BCUT2D eigenvalue weighted by molar-refractivity contribution is 5.99. The zero-order valence-corrected chi connectivity index (χ0v) is 19.3. The van der Waals surface area contributed by atoms with E-state index in [1.165, 1.54) is 0 Å². The van der Waals surface area contributed by atoms with Crippen molar-refractivity contribution in [3.05, 3.63) is 89.7 Å². The Balaban J connectivity index is 1.33. The quantitative estimate of drug-likeness (QED) is 0.440. The van der Waals surface area contributed by atoms with Gasteiger partial charge < -0.3 is 10.2 Å². The molecule has 4 aromatic rings. The van der Waals surface area contributed by atoms with Crippen LogP contribution in [0, 0.1) is 6.92 Å². The molecule has 0 atom stereocenters. The first-order valence-electron chi connectivity index (χ1n) is 11.8. The molecule has 1 aliphatic rings. The van der Waals surface area contributed by atoms with Gasteiger partial charge in [0.1, 0.15) is 5.82 Å².